The average Bonchev–Trinajstić information content (AvgIpc) is 3.10. The van der Waals surface area contributed by atoms with Gasteiger partial charge >= 0.3 is 0 Å². The van der Waals surface area contributed by atoms with Gasteiger partial charge in [-0.05, 0) is 60.7 Å². The SMILES string of the molecule is CCOc1cc(/C=C2/SC(=Nc3cccc(C(=O)N4CCOCC4)c3)N(C)C2=O)cc(Cl)c1O. The van der Waals surface area contributed by atoms with Gasteiger partial charge < -0.3 is 19.5 Å². The van der Waals surface area contributed by atoms with Crippen LogP contribution in [0.15, 0.2) is 46.3 Å². The lowest BCUT2D eigenvalue weighted by atomic mass is 10.1. The summed E-state index contributed by atoms with van der Waals surface area (Å²) in [6, 6.07) is 10.2. The fraction of sp³-hybridized carbons (Fsp3) is 0.292. The minimum absolute atomic E-state index is 0.0660. The molecule has 2 aliphatic heterocycles. The molecule has 4 rings (SSSR count). The molecule has 8 nitrogen and oxygen atoms in total. The van der Waals surface area contributed by atoms with E-state index in [1.165, 1.54) is 16.7 Å². The van der Waals surface area contributed by atoms with Crippen molar-refractivity contribution in [2.24, 2.45) is 4.99 Å². The van der Waals surface area contributed by atoms with Crippen LogP contribution in [0.1, 0.15) is 22.8 Å². The number of nitrogens with zero attached hydrogens (tertiary/aromatic N) is 3. The summed E-state index contributed by atoms with van der Waals surface area (Å²) in [4.78, 5) is 33.9. The number of hydrogen-bond acceptors (Lipinski definition) is 7. The lowest BCUT2D eigenvalue weighted by Crippen LogP contribution is -2.40. The van der Waals surface area contributed by atoms with Crippen LogP contribution in [0.25, 0.3) is 6.08 Å². The molecule has 2 amide bonds. The highest BCUT2D eigenvalue weighted by atomic mass is 35.5. The molecule has 0 unspecified atom stereocenters. The van der Waals surface area contributed by atoms with Crippen molar-refractivity contribution in [2.75, 3.05) is 40.0 Å². The van der Waals surface area contributed by atoms with Crippen molar-refractivity contribution in [1.82, 2.24) is 9.80 Å². The van der Waals surface area contributed by atoms with E-state index in [0.29, 0.717) is 59.8 Å². The van der Waals surface area contributed by atoms with Gasteiger partial charge in [-0.15, -0.1) is 0 Å². The number of thioether (sulfide) groups is 1. The van der Waals surface area contributed by atoms with Gasteiger partial charge in [0.05, 0.1) is 35.4 Å². The van der Waals surface area contributed by atoms with Crippen molar-refractivity contribution in [3.05, 3.63) is 57.5 Å². The number of aromatic hydroxyl groups is 1. The van der Waals surface area contributed by atoms with Crippen molar-refractivity contribution in [3.8, 4) is 11.5 Å². The number of halogens is 1. The van der Waals surface area contributed by atoms with Gasteiger partial charge in [-0.3, -0.25) is 14.5 Å². The number of hydrogen-bond donors (Lipinski definition) is 1. The van der Waals surface area contributed by atoms with E-state index < -0.39 is 0 Å². The molecule has 2 aromatic rings. The van der Waals surface area contributed by atoms with E-state index in [-0.39, 0.29) is 28.3 Å². The van der Waals surface area contributed by atoms with Crippen LogP contribution in [0.2, 0.25) is 5.02 Å². The normalized spacial score (nSPS) is 18.7. The predicted octanol–water partition coefficient (Wildman–Crippen LogP) is 4.15. The summed E-state index contributed by atoms with van der Waals surface area (Å²) in [6.07, 6.45) is 1.68. The number of amides is 2. The zero-order valence-electron chi connectivity index (χ0n) is 18.8. The van der Waals surface area contributed by atoms with Gasteiger partial charge in [0.15, 0.2) is 16.7 Å². The van der Waals surface area contributed by atoms with Gasteiger partial charge in [-0.2, -0.15) is 0 Å². The van der Waals surface area contributed by atoms with Crippen LogP contribution in [0.4, 0.5) is 5.69 Å². The Labute approximate surface area is 206 Å². The molecule has 2 saturated heterocycles. The summed E-state index contributed by atoms with van der Waals surface area (Å²) in [7, 11) is 1.65. The first-order valence-corrected chi connectivity index (χ1v) is 12.0. The molecule has 0 bridgehead atoms. The Kier molecular flexibility index (Phi) is 7.45. The number of rotatable bonds is 5. The highest BCUT2D eigenvalue weighted by molar-refractivity contribution is 8.18. The van der Waals surface area contributed by atoms with Crippen LogP contribution < -0.4 is 4.74 Å². The maximum Gasteiger partial charge on any atom is 0.266 e. The lowest BCUT2D eigenvalue weighted by molar-refractivity contribution is -0.121. The highest BCUT2D eigenvalue weighted by Crippen LogP contribution is 2.38. The summed E-state index contributed by atoms with van der Waals surface area (Å²) in [5.74, 6) is -0.168. The number of phenolic OH excluding ortho intramolecular Hbond substituents is 1. The molecule has 0 aromatic heterocycles. The van der Waals surface area contributed by atoms with Gasteiger partial charge in [-0.1, -0.05) is 17.7 Å². The first-order valence-electron chi connectivity index (χ1n) is 10.8. The number of phenols is 1. The maximum atomic E-state index is 12.8. The Hall–Kier alpha value is -3.01. The summed E-state index contributed by atoms with van der Waals surface area (Å²) in [6.45, 7) is 4.35. The Morgan fingerprint density at radius 2 is 2.06 bits per heavy atom. The van der Waals surface area contributed by atoms with Crippen LogP contribution in [-0.4, -0.2) is 71.8 Å². The third kappa shape index (κ3) is 5.22. The number of likely N-dealkylation sites (N-methyl/N-ethyl adjacent to an activating group) is 1. The molecule has 0 radical (unpaired) electrons. The van der Waals surface area contributed by atoms with E-state index in [0.717, 1.165) is 0 Å². The molecule has 2 heterocycles. The molecule has 2 fully saturated rings. The van der Waals surface area contributed by atoms with E-state index in [4.69, 9.17) is 21.1 Å². The Bertz CT molecular complexity index is 1180. The van der Waals surface area contributed by atoms with Gasteiger partial charge in [0.25, 0.3) is 11.8 Å². The summed E-state index contributed by atoms with van der Waals surface area (Å²) in [5.41, 5.74) is 1.74. The van der Waals surface area contributed by atoms with Gasteiger partial charge in [-0.25, -0.2) is 4.99 Å². The molecule has 2 aliphatic rings. The number of benzene rings is 2. The van der Waals surface area contributed by atoms with Gasteiger partial charge in [0.2, 0.25) is 0 Å². The lowest BCUT2D eigenvalue weighted by Gasteiger charge is -2.26. The molecule has 0 spiro atoms. The minimum atomic E-state index is -0.216. The second-order valence-corrected chi connectivity index (χ2v) is 9.02. The van der Waals surface area contributed by atoms with Crippen LogP contribution in [-0.2, 0) is 9.53 Å². The molecule has 34 heavy (non-hydrogen) atoms. The van der Waals surface area contributed by atoms with Gasteiger partial charge in [0.1, 0.15) is 0 Å². The van der Waals surface area contributed by atoms with Crippen molar-refractivity contribution < 1.29 is 24.2 Å². The van der Waals surface area contributed by atoms with E-state index in [1.807, 2.05) is 0 Å². The van der Waals surface area contributed by atoms with Crippen molar-refractivity contribution in [2.45, 2.75) is 6.92 Å². The van der Waals surface area contributed by atoms with Crippen LogP contribution >= 0.6 is 23.4 Å². The second kappa shape index (κ2) is 10.5. The topological polar surface area (TPSA) is 91.7 Å². The number of amidine groups is 1. The molecular weight excluding hydrogens is 478 g/mol. The first-order chi connectivity index (χ1) is 16.4. The Balaban J connectivity index is 1.57. The monoisotopic (exact) mass is 501 g/mol. The summed E-state index contributed by atoms with van der Waals surface area (Å²) < 4.78 is 10.7. The Morgan fingerprint density at radius 1 is 1.29 bits per heavy atom. The first kappa shape index (κ1) is 24.1. The summed E-state index contributed by atoms with van der Waals surface area (Å²) in [5, 5.41) is 10.7. The number of aliphatic imine (C=N–C) groups is 1. The number of carbonyl (C=O) groups excluding carboxylic acids is 2. The standard InChI is InChI=1S/C24H24ClN3O5S/c1-3-33-19-12-15(11-18(25)21(19)29)13-20-23(31)27(2)24(34-20)26-17-6-4-5-16(14-17)22(30)28-7-9-32-10-8-28/h4-6,11-14,29H,3,7-10H2,1-2H3/b20-13+,26-24?. The maximum absolute atomic E-state index is 12.8. The van der Waals surface area contributed by atoms with Crippen LogP contribution in [0.5, 0.6) is 11.5 Å². The Morgan fingerprint density at radius 3 is 2.79 bits per heavy atom. The van der Waals surface area contributed by atoms with Gasteiger partial charge in [0, 0.05) is 25.7 Å². The molecule has 10 heteroatoms. The van der Waals surface area contributed by atoms with Crippen molar-refractivity contribution >= 4 is 52.1 Å². The second-order valence-electron chi connectivity index (χ2n) is 7.61. The van der Waals surface area contributed by atoms with Crippen LogP contribution in [0.3, 0.4) is 0 Å². The molecule has 2 aromatic carbocycles. The predicted molar refractivity (Wildman–Crippen MR) is 133 cm³/mol. The number of ether oxygens (including phenoxy) is 2. The van der Waals surface area contributed by atoms with E-state index >= 15 is 0 Å². The molecule has 178 valence electrons. The average molecular weight is 502 g/mol. The van der Waals surface area contributed by atoms with Crippen LogP contribution in [0, 0.1) is 0 Å². The number of morpholine rings is 1. The third-order valence-electron chi connectivity index (χ3n) is 5.27. The minimum Gasteiger partial charge on any atom is -0.503 e. The van der Waals surface area contributed by atoms with Crippen molar-refractivity contribution in [1.29, 1.82) is 0 Å². The van der Waals surface area contributed by atoms with E-state index in [1.54, 1.807) is 61.3 Å². The smallest absolute Gasteiger partial charge is 0.266 e. The molecule has 0 saturated carbocycles. The van der Waals surface area contributed by atoms with Crippen molar-refractivity contribution in [3.63, 3.8) is 0 Å². The molecular formula is C24H24ClN3O5S. The fourth-order valence-corrected chi connectivity index (χ4v) is 4.72. The quantitative estimate of drug-likeness (QED) is 0.619. The molecule has 1 N–H and O–H groups in total. The molecule has 0 aliphatic carbocycles. The summed E-state index contributed by atoms with van der Waals surface area (Å²) >= 11 is 7.33. The molecule has 0 atom stereocenters. The fourth-order valence-electron chi connectivity index (χ4n) is 3.51. The zero-order chi connectivity index (χ0) is 24.2. The van der Waals surface area contributed by atoms with E-state index in [2.05, 4.69) is 4.99 Å². The number of carbonyl (C=O) groups is 2. The zero-order valence-corrected chi connectivity index (χ0v) is 20.4. The third-order valence-corrected chi connectivity index (χ3v) is 6.62. The van der Waals surface area contributed by atoms with E-state index in [9.17, 15) is 14.7 Å². The highest BCUT2D eigenvalue weighted by Gasteiger charge is 2.30. The largest absolute Gasteiger partial charge is 0.503 e.